The predicted molar refractivity (Wildman–Crippen MR) is 135 cm³/mol. The lowest BCUT2D eigenvalue weighted by atomic mass is 9.96. The molecule has 1 aromatic carbocycles. The van der Waals surface area contributed by atoms with Gasteiger partial charge in [-0.25, -0.2) is 9.97 Å². The van der Waals surface area contributed by atoms with Crippen LogP contribution in [0.4, 0.5) is 17.5 Å². The number of pyridine rings is 1. The van der Waals surface area contributed by atoms with Crippen LogP contribution in [0.2, 0.25) is 0 Å². The highest BCUT2D eigenvalue weighted by Crippen LogP contribution is 2.43. The Labute approximate surface area is 198 Å². The van der Waals surface area contributed by atoms with Gasteiger partial charge in [0, 0.05) is 35.0 Å². The third kappa shape index (κ3) is 3.53. The van der Waals surface area contributed by atoms with Gasteiger partial charge in [0.1, 0.15) is 11.6 Å². The van der Waals surface area contributed by atoms with E-state index in [1.165, 1.54) is 42.5 Å². The maximum absolute atomic E-state index is 5.99. The summed E-state index contributed by atoms with van der Waals surface area (Å²) in [6, 6.07) is 17.7. The van der Waals surface area contributed by atoms with Crippen molar-refractivity contribution in [3.05, 3.63) is 72.1 Å². The number of nitrogens with zero attached hydrogens (tertiary/aromatic N) is 4. The standard InChI is InChI=1S/C27H27N7/c28-24-2-1-3-25(32-24)34-23(17-4-5-17)14-19-15-29-27(33-26(19)34)31-20-8-6-16(7-9-20)18-12-21-10-11-22(13-18)30-21/h1-3,6-9,12,14-15,17,21-22,30H,4-5,10-11,13H2,(H2,28,32)(H,29,31,33). The molecule has 4 N–H and O–H groups in total. The van der Waals surface area contributed by atoms with Crippen LogP contribution in [0.15, 0.2) is 60.8 Å². The van der Waals surface area contributed by atoms with Crippen molar-refractivity contribution in [2.75, 3.05) is 11.1 Å². The summed E-state index contributed by atoms with van der Waals surface area (Å²) in [5, 5.41) is 8.06. The first-order valence-corrected chi connectivity index (χ1v) is 12.1. The molecule has 7 heteroatoms. The first-order valence-electron chi connectivity index (χ1n) is 12.1. The minimum Gasteiger partial charge on any atom is -0.384 e. The highest BCUT2D eigenvalue weighted by Gasteiger charge is 2.30. The monoisotopic (exact) mass is 449 g/mol. The number of hydrogen-bond donors (Lipinski definition) is 3. The maximum atomic E-state index is 5.99. The van der Waals surface area contributed by atoms with Gasteiger partial charge in [0.05, 0.1) is 0 Å². The minimum atomic E-state index is 0.505. The molecule has 2 bridgehead atoms. The van der Waals surface area contributed by atoms with Gasteiger partial charge in [0.15, 0.2) is 5.65 Å². The number of hydrogen-bond acceptors (Lipinski definition) is 6. The highest BCUT2D eigenvalue weighted by atomic mass is 15.2. The van der Waals surface area contributed by atoms with Crippen LogP contribution >= 0.6 is 0 Å². The second-order valence-corrected chi connectivity index (χ2v) is 9.72. The van der Waals surface area contributed by atoms with Crippen molar-refractivity contribution in [2.24, 2.45) is 0 Å². The molecule has 2 fully saturated rings. The molecule has 2 unspecified atom stereocenters. The molecule has 1 saturated carbocycles. The summed E-state index contributed by atoms with van der Waals surface area (Å²) in [6.07, 6.45) is 10.3. The Balaban J connectivity index is 1.20. The molecule has 2 atom stereocenters. The van der Waals surface area contributed by atoms with Crippen LogP contribution in [0.5, 0.6) is 0 Å². The molecule has 5 heterocycles. The van der Waals surface area contributed by atoms with E-state index in [2.05, 4.69) is 61.6 Å². The molecular formula is C27H27N7. The van der Waals surface area contributed by atoms with E-state index < -0.39 is 0 Å². The van der Waals surface area contributed by atoms with Gasteiger partial charge in [-0.3, -0.25) is 4.57 Å². The maximum Gasteiger partial charge on any atom is 0.229 e. The van der Waals surface area contributed by atoms with Gasteiger partial charge in [-0.05, 0) is 79.5 Å². The van der Waals surface area contributed by atoms with Gasteiger partial charge < -0.3 is 16.4 Å². The zero-order valence-corrected chi connectivity index (χ0v) is 18.9. The summed E-state index contributed by atoms with van der Waals surface area (Å²) >= 11 is 0. The van der Waals surface area contributed by atoms with Crippen molar-refractivity contribution in [1.29, 1.82) is 0 Å². The molecule has 1 saturated heterocycles. The van der Waals surface area contributed by atoms with Crippen molar-refractivity contribution < 1.29 is 0 Å². The summed E-state index contributed by atoms with van der Waals surface area (Å²) in [7, 11) is 0. The lowest BCUT2D eigenvalue weighted by molar-refractivity contribution is 0.575. The van der Waals surface area contributed by atoms with Gasteiger partial charge in [0.2, 0.25) is 5.95 Å². The second kappa shape index (κ2) is 7.67. The number of nitrogens with one attached hydrogen (secondary N) is 2. The third-order valence-electron chi connectivity index (χ3n) is 7.21. The fourth-order valence-corrected chi connectivity index (χ4v) is 5.38. The van der Waals surface area contributed by atoms with E-state index in [4.69, 9.17) is 10.7 Å². The van der Waals surface area contributed by atoms with Crippen molar-refractivity contribution in [3.8, 4) is 5.82 Å². The Morgan fingerprint density at radius 3 is 2.68 bits per heavy atom. The van der Waals surface area contributed by atoms with Gasteiger partial charge in [-0.2, -0.15) is 4.98 Å². The number of nitrogens with two attached hydrogens (primary N) is 1. The van der Waals surface area contributed by atoms with Crippen molar-refractivity contribution >= 4 is 34.1 Å². The molecule has 3 aliphatic rings. The van der Waals surface area contributed by atoms with Crippen molar-refractivity contribution in [2.45, 2.75) is 50.1 Å². The molecule has 4 aromatic rings. The fraction of sp³-hybridized carbons (Fsp3) is 0.296. The van der Waals surface area contributed by atoms with E-state index in [1.807, 2.05) is 24.4 Å². The average Bonchev–Trinajstić information content (AvgIpc) is 3.55. The molecule has 1 aliphatic carbocycles. The van der Waals surface area contributed by atoms with Crippen LogP contribution in [0, 0.1) is 0 Å². The fourth-order valence-electron chi connectivity index (χ4n) is 5.38. The summed E-state index contributed by atoms with van der Waals surface area (Å²) in [5.74, 6) is 2.42. The number of anilines is 3. The average molecular weight is 450 g/mol. The Kier molecular flexibility index (Phi) is 4.45. The highest BCUT2D eigenvalue weighted by molar-refractivity contribution is 5.80. The lowest BCUT2D eigenvalue weighted by Gasteiger charge is -2.21. The van der Waals surface area contributed by atoms with Crippen LogP contribution in [0.3, 0.4) is 0 Å². The Morgan fingerprint density at radius 2 is 1.88 bits per heavy atom. The SMILES string of the molecule is Nc1cccc(-n2c(C3CC3)cc3cnc(Nc4ccc(C5=CC6CCC(C5)N6)cc4)nc32)n1. The smallest absolute Gasteiger partial charge is 0.229 e. The molecule has 0 amide bonds. The van der Waals surface area contributed by atoms with E-state index >= 15 is 0 Å². The largest absolute Gasteiger partial charge is 0.384 e. The van der Waals surface area contributed by atoms with Gasteiger partial charge >= 0.3 is 0 Å². The Morgan fingerprint density at radius 1 is 1.00 bits per heavy atom. The second-order valence-electron chi connectivity index (χ2n) is 9.72. The summed E-state index contributed by atoms with van der Waals surface area (Å²) < 4.78 is 2.14. The van der Waals surface area contributed by atoms with E-state index in [0.29, 0.717) is 29.8 Å². The Hall–Kier alpha value is -3.71. The zero-order valence-electron chi connectivity index (χ0n) is 18.9. The normalized spacial score (nSPS) is 21.6. The predicted octanol–water partition coefficient (Wildman–Crippen LogP) is 4.93. The topological polar surface area (TPSA) is 93.7 Å². The number of benzene rings is 1. The number of fused-ring (bicyclic) bond motifs is 3. The zero-order chi connectivity index (χ0) is 22.6. The third-order valence-corrected chi connectivity index (χ3v) is 7.21. The molecule has 2 aliphatic heterocycles. The number of nitrogen functional groups attached to an aromatic ring is 1. The summed E-state index contributed by atoms with van der Waals surface area (Å²) in [4.78, 5) is 14.0. The van der Waals surface area contributed by atoms with Gasteiger partial charge in [-0.1, -0.05) is 24.3 Å². The van der Waals surface area contributed by atoms with Gasteiger partial charge in [0.25, 0.3) is 0 Å². The van der Waals surface area contributed by atoms with Crippen LogP contribution in [0.1, 0.15) is 49.3 Å². The van der Waals surface area contributed by atoms with E-state index in [9.17, 15) is 0 Å². The minimum absolute atomic E-state index is 0.505. The molecule has 0 radical (unpaired) electrons. The molecule has 0 spiro atoms. The van der Waals surface area contributed by atoms with Crippen LogP contribution in [-0.4, -0.2) is 31.6 Å². The molecule has 3 aromatic heterocycles. The lowest BCUT2D eigenvalue weighted by Crippen LogP contribution is -2.31. The molecule has 34 heavy (non-hydrogen) atoms. The number of rotatable bonds is 5. The van der Waals surface area contributed by atoms with E-state index in [1.54, 1.807) is 0 Å². The first kappa shape index (κ1) is 19.7. The molecular weight excluding hydrogens is 422 g/mol. The first-order chi connectivity index (χ1) is 16.7. The van der Waals surface area contributed by atoms with Crippen LogP contribution < -0.4 is 16.4 Å². The summed E-state index contributed by atoms with van der Waals surface area (Å²) in [5.41, 5.74) is 11.8. The van der Waals surface area contributed by atoms with Crippen molar-refractivity contribution in [1.82, 2.24) is 24.8 Å². The Bertz CT molecular complexity index is 1410. The molecule has 170 valence electrons. The van der Waals surface area contributed by atoms with E-state index in [0.717, 1.165) is 29.0 Å². The molecule has 7 rings (SSSR count). The molecule has 7 nitrogen and oxygen atoms in total. The number of aromatic nitrogens is 4. The van der Waals surface area contributed by atoms with Crippen LogP contribution in [0.25, 0.3) is 22.4 Å². The van der Waals surface area contributed by atoms with E-state index in [-0.39, 0.29) is 0 Å². The van der Waals surface area contributed by atoms with Crippen molar-refractivity contribution in [3.63, 3.8) is 0 Å². The quantitative estimate of drug-likeness (QED) is 0.400. The summed E-state index contributed by atoms with van der Waals surface area (Å²) in [6.45, 7) is 0. The van der Waals surface area contributed by atoms with Crippen LogP contribution in [-0.2, 0) is 0 Å². The van der Waals surface area contributed by atoms with Gasteiger partial charge in [-0.15, -0.1) is 0 Å².